The van der Waals surface area contributed by atoms with Crippen molar-refractivity contribution in [2.75, 3.05) is 26.3 Å². The zero-order valence-electron chi connectivity index (χ0n) is 9.93. The molecule has 96 valence electrons. The number of morpholine rings is 1. The quantitative estimate of drug-likeness (QED) is 0.911. The van der Waals surface area contributed by atoms with Crippen molar-refractivity contribution in [1.29, 1.82) is 0 Å². The first-order valence-electron chi connectivity index (χ1n) is 5.81. The average Bonchev–Trinajstić information content (AvgIpc) is 2.42. The number of hydrogen-bond donors (Lipinski definition) is 1. The van der Waals surface area contributed by atoms with E-state index in [9.17, 15) is 4.79 Å². The lowest BCUT2D eigenvalue weighted by atomic mass is 10.2. The predicted molar refractivity (Wildman–Crippen MR) is 74.1 cm³/mol. The summed E-state index contributed by atoms with van der Waals surface area (Å²) in [6.45, 7) is 2.52. The van der Waals surface area contributed by atoms with E-state index in [2.05, 4.69) is 21.2 Å². The number of hydrogen-bond acceptors (Lipinski definition) is 2. The Hall–Kier alpha value is -1.33. The maximum Gasteiger partial charge on any atom is 0.321 e. The van der Waals surface area contributed by atoms with Gasteiger partial charge in [0, 0.05) is 23.8 Å². The van der Waals surface area contributed by atoms with Crippen LogP contribution in [0.25, 0.3) is 6.08 Å². The number of urea groups is 1. The Balaban J connectivity index is 1.87. The molecule has 0 aromatic heterocycles. The van der Waals surface area contributed by atoms with Crippen molar-refractivity contribution < 1.29 is 9.53 Å². The normalized spacial score (nSPS) is 15.9. The molecule has 4 nitrogen and oxygen atoms in total. The van der Waals surface area contributed by atoms with E-state index in [0.29, 0.717) is 26.3 Å². The molecule has 18 heavy (non-hydrogen) atoms. The number of nitrogens with one attached hydrogen (secondary N) is 1. The fourth-order valence-electron chi connectivity index (χ4n) is 1.67. The van der Waals surface area contributed by atoms with Crippen LogP contribution < -0.4 is 5.32 Å². The van der Waals surface area contributed by atoms with Gasteiger partial charge in [0.05, 0.1) is 13.2 Å². The number of benzene rings is 1. The van der Waals surface area contributed by atoms with Crippen LogP contribution in [0, 0.1) is 0 Å². The largest absolute Gasteiger partial charge is 0.378 e. The van der Waals surface area contributed by atoms with Gasteiger partial charge in [0.2, 0.25) is 0 Å². The van der Waals surface area contributed by atoms with Gasteiger partial charge in [-0.25, -0.2) is 4.79 Å². The number of amides is 2. The summed E-state index contributed by atoms with van der Waals surface area (Å²) in [5.74, 6) is 0. The maximum atomic E-state index is 11.8. The molecule has 0 atom stereocenters. The smallest absolute Gasteiger partial charge is 0.321 e. The molecule has 5 heteroatoms. The lowest BCUT2D eigenvalue weighted by Crippen LogP contribution is -2.44. The number of carbonyl (C=O) groups is 1. The van der Waals surface area contributed by atoms with Gasteiger partial charge in [-0.2, -0.15) is 0 Å². The minimum absolute atomic E-state index is 0.0818. The number of nitrogens with zero attached hydrogens (tertiary/aromatic N) is 1. The highest BCUT2D eigenvalue weighted by atomic mass is 79.9. The van der Waals surface area contributed by atoms with Crippen molar-refractivity contribution in [2.45, 2.75) is 0 Å². The fraction of sp³-hybridized carbons (Fsp3) is 0.308. The zero-order valence-corrected chi connectivity index (χ0v) is 11.5. The van der Waals surface area contributed by atoms with Crippen LogP contribution in [0.2, 0.25) is 0 Å². The summed E-state index contributed by atoms with van der Waals surface area (Å²) in [5.41, 5.74) is 1.03. The number of rotatable bonds is 2. The van der Waals surface area contributed by atoms with Crippen LogP contribution in [0.15, 0.2) is 34.9 Å². The molecule has 1 heterocycles. The second-order valence-electron chi connectivity index (χ2n) is 3.90. The second-order valence-corrected chi connectivity index (χ2v) is 4.76. The van der Waals surface area contributed by atoms with Crippen molar-refractivity contribution in [1.82, 2.24) is 10.2 Å². The summed E-state index contributed by atoms with van der Waals surface area (Å²) in [4.78, 5) is 13.5. The Morgan fingerprint density at radius 1 is 1.33 bits per heavy atom. The summed E-state index contributed by atoms with van der Waals surface area (Å²) in [5, 5.41) is 2.76. The summed E-state index contributed by atoms with van der Waals surface area (Å²) in [6.07, 6.45) is 3.53. The molecule has 0 aliphatic carbocycles. The summed E-state index contributed by atoms with van der Waals surface area (Å²) in [6, 6.07) is 7.76. The average molecular weight is 311 g/mol. The molecule has 1 N–H and O–H groups in total. The summed E-state index contributed by atoms with van der Waals surface area (Å²) in [7, 11) is 0. The van der Waals surface area contributed by atoms with Crippen LogP contribution in [0.5, 0.6) is 0 Å². The molecule has 2 rings (SSSR count). The highest BCUT2D eigenvalue weighted by Crippen LogP contribution is 2.16. The number of ether oxygens (including phenoxy) is 1. The first kappa shape index (κ1) is 13.1. The van der Waals surface area contributed by atoms with Crippen LogP contribution in [-0.4, -0.2) is 37.2 Å². The van der Waals surface area contributed by atoms with Gasteiger partial charge in [-0.15, -0.1) is 0 Å². The summed E-state index contributed by atoms with van der Waals surface area (Å²) < 4.78 is 6.20. The molecular formula is C13H15BrN2O2. The molecule has 1 aromatic carbocycles. The van der Waals surface area contributed by atoms with Gasteiger partial charge in [0.25, 0.3) is 0 Å². The Morgan fingerprint density at radius 2 is 2.06 bits per heavy atom. The Morgan fingerprint density at radius 3 is 2.78 bits per heavy atom. The van der Waals surface area contributed by atoms with E-state index in [4.69, 9.17) is 4.74 Å². The molecule has 1 aromatic rings. The van der Waals surface area contributed by atoms with Gasteiger partial charge in [0.1, 0.15) is 0 Å². The molecule has 0 bridgehead atoms. The number of carbonyl (C=O) groups excluding carboxylic acids is 1. The molecule has 1 aliphatic heterocycles. The van der Waals surface area contributed by atoms with Gasteiger partial charge in [-0.3, -0.25) is 0 Å². The van der Waals surface area contributed by atoms with Crippen molar-refractivity contribution in [3.05, 3.63) is 40.5 Å². The highest BCUT2D eigenvalue weighted by molar-refractivity contribution is 9.10. The van der Waals surface area contributed by atoms with Gasteiger partial charge >= 0.3 is 6.03 Å². The van der Waals surface area contributed by atoms with Crippen LogP contribution in [0.4, 0.5) is 4.79 Å². The van der Waals surface area contributed by atoms with Crippen molar-refractivity contribution in [3.63, 3.8) is 0 Å². The van der Waals surface area contributed by atoms with Crippen molar-refractivity contribution in [2.24, 2.45) is 0 Å². The van der Waals surface area contributed by atoms with E-state index in [1.807, 2.05) is 30.3 Å². The number of halogens is 1. The third kappa shape index (κ3) is 3.58. The Bertz CT molecular complexity index is 442. The molecule has 0 unspecified atom stereocenters. The van der Waals surface area contributed by atoms with E-state index in [-0.39, 0.29) is 6.03 Å². The molecule has 0 spiro atoms. The van der Waals surface area contributed by atoms with Crippen LogP contribution in [0.1, 0.15) is 5.56 Å². The van der Waals surface area contributed by atoms with E-state index in [1.165, 1.54) is 0 Å². The van der Waals surface area contributed by atoms with Gasteiger partial charge in [-0.1, -0.05) is 34.1 Å². The van der Waals surface area contributed by atoms with E-state index < -0.39 is 0 Å². The molecular weight excluding hydrogens is 296 g/mol. The van der Waals surface area contributed by atoms with E-state index >= 15 is 0 Å². The molecule has 0 radical (unpaired) electrons. The standard InChI is InChI=1S/C13H15BrN2O2/c14-12-4-2-1-3-11(12)5-6-15-13(17)16-7-9-18-10-8-16/h1-6H,7-10H2,(H,15,17)/b6-5+. The zero-order chi connectivity index (χ0) is 12.8. The van der Waals surface area contributed by atoms with E-state index in [0.717, 1.165) is 10.0 Å². The van der Waals surface area contributed by atoms with Crippen LogP contribution in [-0.2, 0) is 4.74 Å². The minimum atomic E-state index is -0.0818. The first-order valence-corrected chi connectivity index (χ1v) is 6.61. The molecule has 1 saturated heterocycles. The van der Waals surface area contributed by atoms with Crippen molar-refractivity contribution in [3.8, 4) is 0 Å². The van der Waals surface area contributed by atoms with E-state index in [1.54, 1.807) is 11.1 Å². The SMILES string of the molecule is O=C(N/C=C/c1ccccc1Br)N1CCOCC1. The van der Waals surface area contributed by atoms with Gasteiger partial charge in [-0.05, 0) is 17.7 Å². The van der Waals surface area contributed by atoms with Crippen LogP contribution >= 0.6 is 15.9 Å². The van der Waals surface area contributed by atoms with Gasteiger partial charge < -0.3 is 15.0 Å². The Labute approximate surface area is 115 Å². The predicted octanol–water partition coefficient (Wildman–Crippen LogP) is 2.46. The lowest BCUT2D eigenvalue weighted by Gasteiger charge is -2.26. The molecule has 0 saturated carbocycles. The topological polar surface area (TPSA) is 41.6 Å². The van der Waals surface area contributed by atoms with Gasteiger partial charge in [0.15, 0.2) is 0 Å². The summed E-state index contributed by atoms with van der Waals surface area (Å²) >= 11 is 3.45. The maximum absolute atomic E-state index is 11.8. The molecule has 1 aliphatic rings. The highest BCUT2D eigenvalue weighted by Gasteiger charge is 2.14. The third-order valence-corrected chi connectivity index (χ3v) is 3.40. The lowest BCUT2D eigenvalue weighted by molar-refractivity contribution is 0.0540. The molecule has 2 amide bonds. The third-order valence-electron chi connectivity index (χ3n) is 2.67. The monoisotopic (exact) mass is 310 g/mol. The fourth-order valence-corrected chi connectivity index (χ4v) is 2.09. The second kappa shape index (κ2) is 6.56. The Kier molecular flexibility index (Phi) is 4.78. The first-order chi connectivity index (χ1) is 8.77. The molecule has 1 fully saturated rings. The van der Waals surface area contributed by atoms with Crippen molar-refractivity contribution >= 4 is 28.0 Å². The minimum Gasteiger partial charge on any atom is -0.378 e. The van der Waals surface area contributed by atoms with Crippen LogP contribution in [0.3, 0.4) is 0 Å².